The summed E-state index contributed by atoms with van der Waals surface area (Å²) in [4.78, 5) is 0. The van der Waals surface area contributed by atoms with Gasteiger partial charge in [0.2, 0.25) is 0 Å². The Morgan fingerprint density at radius 2 is 1.90 bits per heavy atom. The molecule has 0 aliphatic heterocycles. The maximum Gasteiger partial charge on any atom is 0.0438 e. The van der Waals surface area contributed by atoms with Crippen LogP contribution in [-0.4, -0.2) is 6.04 Å². The van der Waals surface area contributed by atoms with Gasteiger partial charge in [0.05, 0.1) is 0 Å². The van der Waals surface area contributed by atoms with Crippen molar-refractivity contribution in [3.05, 3.63) is 34.3 Å². The molecule has 2 rings (SSSR count). The van der Waals surface area contributed by atoms with Crippen LogP contribution in [0, 0.1) is 18.3 Å². The largest absolute Gasteiger partial charge is 0.310 e. The minimum atomic E-state index is 0.392. The molecule has 0 radical (unpaired) electrons. The molecule has 1 aliphatic carbocycles. The number of benzene rings is 1. The van der Waals surface area contributed by atoms with Gasteiger partial charge in [-0.15, -0.1) is 0 Å². The Morgan fingerprint density at radius 1 is 1.20 bits per heavy atom. The van der Waals surface area contributed by atoms with Gasteiger partial charge >= 0.3 is 0 Å². The fourth-order valence-electron chi connectivity index (χ4n) is 3.41. The van der Waals surface area contributed by atoms with E-state index in [0.717, 1.165) is 23.0 Å². The van der Waals surface area contributed by atoms with E-state index < -0.39 is 0 Å². The van der Waals surface area contributed by atoms with Crippen molar-refractivity contribution in [2.45, 2.75) is 66.0 Å². The topological polar surface area (TPSA) is 12.0 Å². The molecule has 0 spiro atoms. The quantitative estimate of drug-likeness (QED) is 0.793. The van der Waals surface area contributed by atoms with E-state index in [0.29, 0.717) is 11.5 Å². The third-order valence-electron chi connectivity index (χ3n) is 4.68. The molecule has 0 bridgehead atoms. The lowest BCUT2D eigenvalue weighted by atomic mass is 9.69. The smallest absolute Gasteiger partial charge is 0.0438 e. The van der Waals surface area contributed by atoms with E-state index in [1.807, 2.05) is 0 Å². The lowest BCUT2D eigenvalue weighted by Gasteiger charge is -2.41. The van der Waals surface area contributed by atoms with E-state index in [4.69, 9.17) is 11.6 Å². The third kappa shape index (κ3) is 3.99. The van der Waals surface area contributed by atoms with Crippen LogP contribution in [0.15, 0.2) is 18.2 Å². The summed E-state index contributed by atoms with van der Waals surface area (Å²) < 4.78 is 0. The summed E-state index contributed by atoms with van der Waals surface area (Å²) in [7, 11) is 0. The molecule has 2 heteroatoms. The van der Waals surface area contributed by atoms with Crippen LogP contribution < -0.4 is 5.32 Å². The Labute approximate surface area is 129 Å². The van der Waals surface area contributed by atoms with Gasteiger partial charge in [-0.1, -0.05) is 57.3 Å². The molecule has 1 N–H and O–H groups in total. The maximum atomic E-state index is 6.21. The fraction of sp³-hybridized carbons (Fsp3) is 0.667. The highest BCUT2D eigenvalue weighted by Crippen LogP contribution is 2.38. The summed E-state index contributed by atoms with van der Waals surface area (Å²) >= 11 is 6.21. The van der Waals surface area contributed by atoms with Crippen molar-refractivity contribution in [3.8, 4) is 0 Å². The summed E-state index contributed by atoms with van der Waals surface area (Å²) in [6.45, 7) is 10.1. The molecule has 1 nitrogen and oxygen atoms in total. The second-order valence-corrected chi connectivity index (χ2v) is 7.74. The molecule has 0 amide bonds. The standard InChI is InChI=1S/C18H28ClN/c1-13-9-10-14(11-16(13)19)12-20-17-8-6-5-7-15(17)18(2,3)4/h9-11,15,17,20H,5-8,12H2,1-4H3. The normalized spacial score (nSPS) is 23.9. The lowest BCUT2D eigenvalue weighted by Crippen LogP contribution is -2.43. The van der Waals surface area contributed by atoms with Gasteiger partial charge in [-0.2, -0.15) is 0 Å². The number of rotatable bonds is 3. The monoisotopic (exact) mass is 293 g/mol. The van der Waals surface area contributed by atoms with Crippen molar-refractivity contribution in [2.24, 2.45) is 11.3 Å². The van der Waals surface area contributed by atoms with E-state index in [2.05, 4.69) is 51.2 Å². The summed E-state index contributed by atoms with van der Waals surface area (Å²) in [5, 5.41) is 4.66. The van der Waals surface area contributed by atoms with Crippen molar-refractivity contribution in [3.63, 3.8) is 0 Å². The molecule has 0 saturated heterocycles. The fourth-order valence-corrected chi connectivity index (χ4v) is 3.61. The van der Waals surface area contributed by atoms with Crippen LogP contribution in [-0.2, 0) is 6.54 Å². The van der Waals surface area contributed by atoms with Crippen LogP contribution in [0.3, 0.4) is 0 Å². The van der Waals surface area contributed by atoms with Gasteiger partial charge in [0.1, 0.15) is 0 Å². The predicted molar refractivity (Wildman–Crippen MR) is 88.2 cm³/mol. The van der Waals surface area contributed by atoms with Crippen LogP contribution in [0.4, 0.5) is 0 Å². The van der Waals surface area contributed by atoms with Crippen LogP contribution in [0.2, 0.25) is 5.02 Å². The van der Waals surface area contributed by atoms with Gasteiger partial charge < -0.3 is 5.32 Å². The Kier molecular flexibility index (Phi) is 5.14. The highest BCUT2D eigenvalue weighted by Gasteiger charge is 2.33. The van der Waals surface area contributed by atoms with Crippen molar-refractivity contribution in [1.29, 1.82) is 0 Å². The Hall–Kier alpha value is -0.530. The molecule has 1 aromatic carbocycles. The number of hydrogen-bond donors (Lipinski definition) is 1. The van der Waals surface area contributed by atoms with Gasteiger partial charge in [-0.25, -0.2) is 0 Å². The second-order valence-electron chi connectivity index (χ2n) is 7.33. The van der Waals surface area contributed by atoms with Crippen molar-refractivity contribution < 1.29 is 0 Å². The first kappa shape index (κ1) is 15.9. The minimum absolute atomic E-state index is 0.392. The second kappa shape index (κ2) is 6.49. The molecular formula is C18H28ClN. The maximum absolute atomic E-state index is 6.21. The number of hydrogen-bond acceptors (Lipinski definition) is 1. The van der Waals surface area contributed by atoms with E-state index >= 15 is 0 Å². The van der Waals surface area contributed by atoms with Gasteiger partial charge in [0.15, 0.2) is 0 Å². The number of nitrogens with one attached hydrogen (secondary N) is 1. The lowest BCUT2D eigenvalue weighted by molar-refractivity contribution is 0.130. The van der Waals surface area contributed by atoms with Gasteiger partial charge in [-0.3, -0.25) is 0 Å². The zero-order valence-corrected chi connectivity index (χ0v) is 14.1. The summed E-state index contributed by atoms with van der Waals surface area (Å²) in [6, 6.07) is 7.03. The Morgan fingerprint density at radius 3 is 2.55 bits per heavy atom. The molecule has 20 heavy (non-hydrogen) atoms. The van der Waals surface area contributed by atoms with E-state index in [-0.39, 0.29) is 0 Å². The van der Waals surface area contributed by atoms with Crippen molar-refractivity contribution in [1.82, 2.24) is 5.32 Å². The molecule has 0 aromatic heterocycles. The van der Waals surface area contributed by atoms with Gasteiger partial charge in [0, 0.05) is 17.6 Å². The highest BCUT2D eigenvalue weighted by molar-refractivity contribution is 6.31. The third-order valence-corrected chi connectivity index (χ3v) is 5.09. The first-order chi connectivity index (χ1) is 9.38. The van der Waals surface area contributed by atoms with Crippen molar-refractivity contribution in [2.75, 3.05) is 0 Å². The van der Waals surface area contributed by atoms with Gasteiger partial charge in [-0.05, 0) is 48.3 Å². The molecular weight excluding hydrogens is 266 g/mol. The number of aryl methyl sites for hydroxylation is 1. The molecule has 1 saturated carbocycles. The molecule has 0 heterocycles. The minimum Gasteiger partial charge on any atom is -0.310 e. The summed E-state index contributed by atoms with van der Waals surface area (Å²) in [5.74, 6) is 0.775. The molecule has 2 atom stereocenters. The average Bonchev–Trinajstić information content (AvgIpc) is 2.39. The van der Waals surface area contributed by atoms with Crippen LogP contribution in [0.25, 0.3) is 0 Å². The first-order valence-electron chi connectivity index (χ1n) is 7.86. The first-order valence-corrected chi connectivity index (χ1v) is 8.24. The summed E-state index contributed by atoms with van der Waals surface area (Å²) in [6.07, 6.45) is 5.41. The number of halogens is 1. The van der Waals surface area contributed by atoms with Crippen molar-refractivity contribution >= 4 is 11.6 Å². The predicted octanol–water partition coefficient (Wildman–Crippen LogP) is 5.34. The van der Waals surface area contributed by atoms with Crippen LogP contribution >= 0.6 is 11.6 Å². The SMILES string of the molecule is Cc1ccc(CNC2CCCCC2C(C)(C)C)cc1Cl. The van der Waals surface area contributed by atoms with E-state index in [9.17, 15) is 0 Å². The molecule has 2 unspecified atom stereocenters. The Balaban J connectivity index is 1.99. The average molecular weight is 294 g/mol. The zero-order chi connectivity index (χ0) is 14.8. The molecule has 1 fully saturated rings. The molecule has 112 valence electrons. The van der Waals surface area contributed by atoms with Crippen LogP contribution in [0.5, 0.6) is 0 Å². The van der Waals surface area contributed by atoms with E-state index in [1.165, 1.54) is 31.2 Å². The molecule has 1 aliphatic rings. The van der Waals surface area contributed by atoms with Gasteiger partial charge in [0.25, 0.3) is 0 Å². The molecule has 1 aromatic rings. The van der Waals surface area contributed by atoms with Crippen LogP contribution in [0.1, 0.15) is 57.6 Å². The highest BCUT2D eigenvalue weighted by atomic mass is 35.5. The van der Waals surface area contributed by atoms with E-state index in [1.54, 1.807) is 0 Å². The Bertz CT molecular complexity index is 447. The zero-order valence-electron chi connectivity index (χ0n) is 13.3. The summed E-state index contributed by atoms with van der Waals surface area (Å²) in [5.41, 5.74) is 2.84.